The molecule has 1 aromatic rings. The molecule has 0 saturated carbocycles. The van der Waals surface area contributed by atoms with Gasteiger partial charge in [-0.1, -0.05) is 0 Å². The number of esters is 1. The molecule has 0 amide bonds. The number of nitrogens with zero attached hydrogens (tertiary/aromatic N) is 2. The van der Waals surface area contributed by atoms with Gasteiger partial charge in [-0.05, 0) is 12.1 Å². The lowest BCUT2D eigenvalue weighted by Crippen LogP contribution is -2.29. The topological polar surface area (TPSA) is 93.9 Å². The van der Waals surface area contributed by atoms with Crippen LogP contribution >= 0.6 is 0 Å². The number of hydrogen-bond acceptors (Lipinski definition) is 7. The fraction of sp³-hybridized carbons (Fsp3) is 0.250. The van der Waals surface area contributed by atoms with Gasteiger partial charge in [0.25, 0.3) is 0 Å². The maximum Gasteiger partial charge on any atom is 0.344 e. The van der Waals surface area contributed by atoms with Crippen LogP contribution in [0, 0.1) is 10.1 Å². The molecule has 0 aromatic heterocycles. The van der Waals surface area contributed by atoms with Gasteiger partial charge in [0, 0.05) is 0 Å². The van der Waals surface area contributed by atoms with Crippen molar-refractivity contribution in [3.05, 3.63) is 39.9 Å². The van der Waals surface area contributed by atoms with Crippen LogP contribution in [0.2, 0.25) is 0 Å². The summed E-state index contributed by atoms with van der Waals surface area (Å²) in [7, 11) is 1.19. The molecule has 0 bridgehead atoms. The normalized spacial score (nSPS) is 15.4. The standard InChI is InChI=1S/C12H11N3O5/c1-19-12(16)7-2-3-8-11(10(7)15(17)18)14-4-5-20-6-9(14)13-8/h2-3,6,13H,4-5H2,1H3. The van der Waals surface area contributed by atoms with Gasteiger partial charge in [-0.3, -0.25) is 10.1 Å². The van der Waals surface area contributed by atoms with E-state index in [1.54, 1.807) is 11.0 Å². The molecule has 0 aliphatic carbocycles. The fourth-order valence-corrected chi connectivity index (χ4v) is 2.35. The molecule has 8 heteroatoms. The maximum atomic E-state index is 11.7. The lowest BCUT2D eigenvalue weighted by molar-refractivity contribution is -0.384. The number of methoxy groups -OCH3 is 1. The molecule has 1 N–H and O–H groups in total. The average Bonchev–Trinajstić information content (AvgIpc) is 2.83. The van der Waals surface area contributed by atoms with E-state index in [4.69, 9.17) is 4.74 Å². The van der Waals surface area contributed by atoms with Gasteiger partial charge in [-0.25, -0.2) is 4.79 Å². The Morgan fingerprint density at radius 3 is 3.05 bits per heavy atom. The number of fused-ring (bicyclic) bond motifs is 3. The second kappa shape index (κ2) is 4.41. The third-order valence-electron chi connectivity index (χ3n) is 3.19. The molecule has 20 heavy (non-hydrogen) atoms. The molecule has 1 aromatic carbocycles. The summed E-state index contributed by atoms with van der Waals surface area (Å²) in [6, 6.07) is 3.00. The Hall–Kier alpha value is -2.77. The van der Waals surface area contributed by atoms with Crippen LogP contribution in [0.25, 0.3) is 0 Å². The first-order chi connectivity index (χ1) is 9.63. The Morgan fingerprint density at radius 1 is 1.55 bits per heavy atom. The maximum absolute atomic E-state index is 11.7. The molecular formula is C12H11N3O5. The van der Waals surface area contributed by atoms with Gasteiger partial charge in [0.15, 0.2) is 0 Å². The van der Waals surface area contributed by atoms with Crippen LogP contribution in [-0.2, 0) is 9.47 Å². The molecule has 2 heterocycles. The first kappa shape index (κ1) is 12.3. The SMILES string of the molecule is COC(=O)c1ccc2c(c1[N+](=O)[O-])N1CCOC=C1N2. The summed E-state index contributed by atoms with van der Waals surface area (Å²) in [6.07, 6.45) is 1.51. The van der Waals surface area contributed by atoms with Gasteiger partial charge in [0.2, 0.25) is 0 Å². The highest BCUT2D eigenvalue weighted by molar-refractivity contribution is 6.01. The van der Waals surface area contributed by atoms with Crippen LogP contribution < -0.4 is 10.2 Å². The molecule has 3 rings (SSSR count). The van der Waals surface area contributed by atoms with Crippen molar-refractivity contribution < 1.29 is 19.2 Å². The quantitative estimate of drug-likeness (QED) is 0.496. The summed E-state index contributed by atoms with van der Waals surface area (Å²) in [6.45, 7) is 0.890. The van der Waals surface area contributed by atoms with Gasteiger partial charge in [0.05, 0.1) is 24.3 Å². The first-order valence-corrected chi connectivity index (χ1v) is 5.89. The highest BCUT2D eigenvalue weighted by atomic mass is 16.6. The predicted molar refractivity (Wildman–Crippen MR) is 69.4 cm³/mol. The summed E-state index contributed by atoms with van der Waals surface area (Å²) in [4.78, 5) is 24.2. The van der Waals surface area contributed by atoms with Crippen molar-refractivity contribution >= 4 is 23.0 Å². The highest BCUT2D eigenvalue weighted by Crippen LogP contribution is 2.45. The first-order valence-electron chi connectivity index (χ1n) is 5.89. The molecular weight excluding hydrogens is 266 g/mol. The van der Waals surface area contributed by atoms with E-state index in [2.05, 4.69) is 10.1 Å². The number of anilines is 2. The second-order valence-corrected chi connectivity index (χ2v) is 4.26. The molecule has 0 radical (unpaired) electrons. The van der Waals surface area contributed by atoms with E-state index in [0.29, 0.717) is 30.3 Å². The number of carbonyl (C=O) groups excluding carboxylic acids is 1. The Kier molecular flexibility index (Phi) is 2.70. The van der Waals surface area contributed by atoms with Crippen molar-refractivity contribution in [1.82, 2.24) is 0 Å². The van der Waals surface area contributed by atoms with Crippen LogP contribution in [-0.4, -0.2) is 31.2 Å². The summed E-state index contributed by atoms with van der Waals surface area (Å²) in [5.74, 6) is -0.110. The molecule has 0 atom stereocenters. The summed E-state index contributed by atoms with van der Waals surface area (Å²) in [5.41, 5.74) is 0.617. The van der Waals surface area contributed by atoms with Gasteiger partial charge < -0.3 is 19.7 Å². The lowest BCUT2D eigenvalue weighted by Gasteiger charge is -2.23. The number of rotatable bonds is 2. The zero-order valence-electron chi connectivity index (χ0n) is 10.6. The summed E-state index contributed by atoms with van der Waals surface area (Å²) < 4.78 is 9.79. The Bertz CT molecular complexity index is 640. The van der Waals surface area contributed by atoms with Crippen molar-refractivity contribution in [2.24, 2.45) is 0 Å². The van der Waals surface area contributed by atoms with E-state index in [1.165, 1.54) is 19.4 Å². The molecule has 8 nitrogen and oxygen atoms in total. The van der Waals surface area contributed by atoms with E-state index >= 15 is 0 Å². The van der Waals surface area contributed by atoms with Crippen molar-refractivity contribution in [3.63, 3.8) is 0 Å². The van der Waals surface area contributed by atoms with Gasteiger partial charge in [0.1, 0.15) is 29.9 Å². The highest BCUT2D eigenvalue weighted by Gasteiger charge is 2.37. The monoisotopic (exact) mass is 277 g/mol. The molecule has 0 unspecified atom stereocenters. The van der Waals surface area contributed by atoms with Crippen LogP contribution in [0.15, 0.2) is 24.2 Å². The van der Waals surface area contributed by atoms with Crippen molar-refractivity contribution in [2.45, 2.75) is 0 Å². The Labute approximate surface area is 113 Å². The fourth-order valence-electron chi connectivity index (χ4n) is 2.35. The van der Waals surface area contributed by atoms with Crippen molar-refractivity contribution in [2.75, 3.05) is 30.5 Å². The number of benzene rings is 1. The molecule has 0 fully saturated rings. The zero-order valence-corrected chi connectivity index (χ0v) is 10.6. The molecule has 104 valence electrons. The Balaban J connectivity index is 2.22. The summed E-state index contributed by atoms with van der Waals surface area (Å²) >= 11 is 0. The van der Waals surface area contributed by atoms with Crippen molar-refractivity contribution in [1.29, 1.82) is 0 Å². The number of hydrogen-bond donors (Lipinski definition) is 1. The molecule has 0 spiro atoms. The van der Waals surface area contributed by atoms with Crippen LogP contribution in [0.4, 0.5) is 17.1 Å². The second-order valence-electron chi connectivity index (χ2n) is 4.26. The molecule has 2 aliphatic rings. The van der Waals surface area contributed by atoms with E-state index in [0.717, 1.165) is 0 Å². The van der Waals surface area contributed by atoms with E-state index in [1.807, 2.05) is 0 Å². The van der Waals surface area contributed by atoms with Crippen LogP contribution in [0.5, 0.6) is 0 Å². The molecule has 2 aliphatic heterocycles. The van der Waals surface area contributed by atoms with E-state index < -0.39 is 10.9 Å². The third kappa shape index (κ3) is 1.65. The lowest BCUT2D eigenvalue weighted by atomic mass is 10.1. The smallest absolute Gasteiger partial charge is 0.344 e. The minimum atomic E-state index is -0.731. The zero-order chi connectivity index (χ0) is 14.3. The molecule has 0 saturated heterocycles. The summed E-state index contributed by atoms with van der Waals surface area (Å²) in [5, 5.41) is 14.4. The van der Waals surface area contributed by atoms with Crippen LogP contribution in [0.3, 0.4) is 0 Å². The largest absolute Gasteiger partial charge is 0.496 e. The minimum Gasteiger partial charge on any atom is -0.496 e. The average molecular weight is 277 g/mol. The number of nitrogens with one attached hydrogen (secondary N) is 1. The minimum absolute atomic E-state index is 0.0641. The van der Waals surface area contributed by atoms with Gasteiger partial charge in [-0.15, -0.1) is 0 Å². The van der Waals surface area contributed by atoms with E-state index in [-0.39, 0.29) is 11.3 Å². The Morgan fingerprint density at radius 2 is 2.35 bits per heavy atom. The number of ether oxygens (including phenoxy) is 2. The van der Waals surface area contributed by atoms with Gasteiger partial charge in [-0.2, -0.15) is 0 Å². The van der Waals surface area contributed by atoms with Gasteiger partial charge >= 0.3 is 11.7 Å². The third-order valence-corrected chi connectivity index (χ3v) is 3.19. The predicted octanol–water partition coefficient (Wildman–Crippen LogP) is 1.44. The van der Waals surface area contributed by atoms with Crippen LogP contribution in [0.1, 0.15) is 10.4 Å². The van der Waals surface area contributed by atoms with Crippen molar-refractivity contribution in [3.8, 4) is 0 Å². The number of nitro groups is 1. The number of nitro benzene ring substituents is 1. The van der Waals surface area contributed by atoms with E-state index in [9.17, 15) is 14.9 Å². The number of carbonyl (C=O) groups is 1.